The summed E-state index contributed by atoms with van der Waals surface area (Å²) < 4.78 is 36.9. The molecule has 2 aromatic rings. The molecule has 1 fully saturated rings. The Kier molecular flexibility index (Phi) is 5.08. The van der Waals surface area contributed by atoms with Gasteiger partial charge in [-0.25, -0.2) is 8.78 Å². The largest absolute Gasteiger partial charge is 0.457 e. The lowest BCUT2D eigenvalue weighted by Gasteiger charge is -2.40. The molecule has 2 aromatic carbocycles. The number of hydrogen-bond donors (Lipinski definition) is 2. The number of rotatable bonds is 7. The predicted octanol–water partition coefficient (Wildman–Crippen LogP) is 2.86. The minimum atomic E-state index is -0.677. The van der Waals surface area contributed by atoms with E-state index in [1.54, 1.807) is 12.1 Å². The van der Waals surface area contributed by atoms with Crippen LogP contribution < -0.4 is 10.1 Å². The molecule has 2 N–H and O–H groups in total. The van der Waals surface area contributed by atoms with Crippen LogP contribution in [0.3, 0.4) is 0 Å². The van der Waals surface area contributed by atoms with E-state index in [4.69, 9.17) is 9.47 Å². The van der Waals surface area contributed by atoms with Gasteiger partial charge in [-0.1, -0.05) is 12.1 Å². The summed E-state index contributed by atoms with van der Waals surface area (Å²) in [6.07, 6.45) is 0. The maximum Gasteiger partial charge on any atom is 0.133 e. The highest BCUT2D eigenvalue weighted by Gasteiger charge is 2.37. The van der Waals surface area contributed by atoms with Crippen molar-refractivity contribution < 1.29 is 23.4 Å². The summed E-state index contributed by atoms with van der Waals surface area (Å²) in [4.78, 5) is 0. The van der Waals surface area contributed by atoms with Crippen molar-refractivity contribution in [2.75, 3.05) is 26.4 Å². The fourth-order valence-corrected chi connectivity index (χ4v) is 2.51. The van der Waals surface area contributed by atoms with Gasteiger partial charge >= 0.3 is 0 Å². The van der Waals surface area contributed by atoms with Crippen LogP contribution in [0.25, 0.3) is 0 Å². The van der Waals surface area contributed by atoms with Gasteiger partial charge < -0.3 is 19.9 Å². The highest BCUT2D eigenvalue weighted by atomic mass is 19.1. The van der Waals surface area contributed by atoms with Gasteiger partial charge in [-0.15, -0.1) is 0 Å². The summed E-state index contributed by atoms with van der Waals surface area (Å²) >= 11 is 0. The third-order valence-electron chi connectivity index (χ3n) is 3.98. The van der Waals surface area contributed by atoms with Crippen LogP contribution in [-0.2, 0) is 11.3 Å². The predicted molar refractivity (Wildman–Crippen MR) is 84.9 cm³/mol. The Bertz CT molecular complexity index is 661. The van der Waals surface area contributed by atoms with Crippen molar-refractivity contribution in [2.24, 2.45) is 5.41 Å². The molecule has 0 unspecified atom stereocenters. The molecule has 0 bridgehead atoms. The van der Waals surface area contributed by atoms with Gasteiger partial charge in [0.15, 0.2) is 0 Å². The van der Waals surface area contributed by atoms with Crippen LogP contribution in [0.1, 0.15) is 5.56 Å². The van der Waals surface area contributed by atoms with Gasteiger partial charge in [-0.05, 0) is 17.7 Å². The van der Waals surface area contributed by atoms with E-state index in [0.717, 1.165) is 23.8 Å². The lowest BCUT2D eigenvalue weighted by atomic mass is 9.87. The van der Waals surface area contributed by atoms with Crippen molar-refractivity contribution in [2.45, 2.75) is 6.54 Å². The molecule has 0 atom stereocenters. The Labute approximate surface area is 139 Å². The van der Waals surface area contributed by atoms with Gasteiger partial charge in [0.05, 0.1) is 25.2 Å². The van der Waals surface area contributed by atoms with Crippen molar-refractivity contribution in [1.29, 1.82) is 0 Å². The van der Waals surface area contributed by atoms with Gasteiger partial charge in [0.1, 0.15) is 23.1 Å². The molecule has 1 heterocycles. The van der Waals surface area contributed by atoms with Gasteiger partial charge in [0, 0.05) is 31.3 Å². The van der Waals surface area contributed by atoms with E-state index in [9.17, 15) is 13.9 Å². The molecule has 3 rings (SSSR count). The summed E-state index contributed by atoms with van der Waals surface area (Å²) in [6.45, 7) is 2.60. The molecule has 0 radical (unpaired) electrons. The molecule has 1 aliphatic rings. The Balaban J connectivity index is 1.53. The van der Waals surface area contributed by atoms with E-state index in [1.165, 1.54) is 0 Å². The molecule has 1 aliphatic heterocycles. The van der Waals surface area contributed by atoms with Crippen molar-refractivity contribution in [3.8, 4) is 11.5 Å². The molecule has 6 heteroatoms. The van der Waals surface area contributed by atoms with E-state index < -0.39 is 11.6 Å². The van der Waals surface area contributed by atoms with Gasteiger partial charge in [-0.3, -0.25) is 0 Å². The minimum Gasteiger partial charge on any atom is -0.457 e. The third kappa shape index (κ3) is 4.08. The van der Waals surface area contributed by atoms with Crippen molar-refractivity contribution in [3.63, 3.8) is 0 Å². The first kappa shape index (κ1) is 16.8. The van der Waals surface area contributed by atoms with Crippen LogP contribution in [0, 0.1) is 17.0 Å². The van der Waals surface area contributed by atoms with E-state index in [0.29, 0.717) is 32.1 Å². The first-order chi connectivity index (χ1) is 11.6. The average Bonchev–Trinajstić information content (AvgIpc) is 2.51. The fourth-order valence-electron chi connectivity index (χ4n) is 2.51. The minimum absolute atomic E-state index is 0.108. The SMILES string of the molecule is OCC1(CNCc2ccc(Oc3cc(F)cc(F)c3)cc2)COC1. The zero-order valence-electron chi connectivity index (χ0n) is 13.1. The van der Waals surface area contributed by atoms with Crippen LogP contribution in [0.5, 0.6) is 11.5 Å². The Morgan fingerprint density at radius 1 is 1.04 bits per heavy atom. The lowest BCUT2D eigenvalue weighted by molar-refractivity contribution is -0.134. The zero-order chi connectivity index (χ0) is 17.0. The van der Waals surface area contributed by atoms with Crippen molar-refractivity contribution in [3.05, 3.63) is 59.7 Å². The first-order valence-electron chi connectivity index (χ1n) is 7.71. The lowest BCUT2D eigenvalue weighted by Crippen LogP contribution is -2.52. The number of aliphatic hydroxyl groups excluding tert-OH is 1. The second-order valence-corrected chi connectivity index (χ2v) is 6.11. The molecule has 0 amide bonds. The zero-order valence-corrected chi connectivity index (χ0v) is 13.1. The van der Waals surface area contributed by atoms with Crippen LogP contribution in [0.4, 0.5) is 8.78 Å². The number of ether oxygens (including phenoxy) is 2. The maximum absolute atomic E-state index is 13.1. The van der Waals surface area contributed by atoms with Crippen molar-refractivity contribution in [1.82, 2.24) is 5.32 Å². The summed E-state index contributed by atoms with van der Waals surface area (Å²) in [5.41, 5.74) is 0.880. The Hall–Kier alpha value is -2.02. The monoisotopic (exact) mass is 335 g/mol. The molecular weight excluding hydrogens is 316 g/mol. The molecule has 0 saturated carbocycles. The number of halogens is 2. The van der Waals surface area contributed by atoms with Crippen LogP contribution in [0.2, 0.25) is 0 Å². The molecule has 0 spiro atoms. The van der Waals surface area contributed by atoms with E-state index in [-0.39, 0.29) is 17.8 Å². The molecule has 1 saturated heterocycles. The van der Waals surface area contributed by atoms with Gasteiger partial charge in [-0.2, -0.15) is 0 Å². The van der Waals surface area contributed by atoms with Crippen LogP contribution in [0.15, 0.2) is 42.5 Å². The van der Waals surface area contributed by atoms with Crippen LogP contribution >= 0.6 is 0 Å². The standard InChI is InChI=1S/C18H19F2NO3/c19-14-5-15(20)7-17(6-14)24-16-3-1-13(2-4-16)8-21-9-18(10-22)11-23-12-18/h1-7,21-22H,8-12H2. The fraction of sp³-hybridized carbons (Fsp3) is 0.333. The number of hydrogen-bond acceptors (Lipinski definition) is 4. The van der Waals surface area contributed by atoms with E-state index in [1.807, 2.05) is 12.1 Å². The maximum atomic E-state index is 13.1. The average molecular weight is 335 g/mol. The van der Waals surface area contributed by atoms with Gasteiger partial charge in [0.25, 0.3) is 0 Å². The highest BCUT2D eigenvalue weighted by Crippen LogP contribution is 2.26. The smallest absolute Gasteiger partial charge is 0.133 e. The molecule has 4 nitrogen and oxygen atoms in total. The second kappa shape index (κ2) is 7.25. The highest BCUT2D eigenvalue weighted by molar-refractivity contribution is 5.33. The molecule has 0 aromatic heterocycles. The molecule has 128 valence electrons. The molecular formula is C18H19F2NO3. The normalized spacial score (nSPS) is 15.8. The number of aliphatic hydroxyl groups is 1. The summed E-state index contributed by atoms with van der Waals surface area (Å²) in [5.74, 6) is -0.733. The Morgan fingerprint density at radius 3 is 2.25 bits per heavy atom. The number of benzene rings is 2. The second-order valence-electron chi connectivity index (χ2n) is 6.11. The topological polar surface area (TPSA) is 50.7 Å². The van der Waals surface area contributed by atoms with E-state index in [2.05, 4.69) is 5.32 Å². The summed E-state index contributed by atoms with van der Waals surface area (Å²) in [7, 11) is 0. The van der Waals surface area contributed by atoms with Crippen molar-refractivity contribution >= 4 is 0 Å². The first-order valence-corrected chi connectivity index (χ1v) is 7.71. The Morgan fingerprint density at radius 2 is 1.71 bits per heavy atom. The number of nitrogens with one attached hydrogen (secondary N) is 1. The van der Waals surface area contributed by atoms with E-state index >= 15 is 0 Å². The molecule has 24 heavy (non-hydrogen) atoms. The molecule has 0 aliphatic carbocycles. The quantitative estimate of drug-likeness (QED) is 0.817. The summed E-state index contributed by atoms with van der Waals surface area (Å²) in [5, 5.41) is 12.7. The van der Waals surface area contributed by atoms with Crippen LogP contribution in [-0.4, -0.2) is 31.5 Å². The summed E-state index contributed by atoms with van der Waals surface area (Å²) in [6, 6.07) is 10.3. The third-order valence-corrected chi connectivity index (χ3v) is 3.98. The van der Waals surface area contributed by atoms with Gasteiger partial charge in [0.2, 0.25) is 0 Å².